The van der Waals surface area contributed by atoms with Gasteiger partial charge in [-0.25, -0.2) is 4.98 Å². The average molecular weight is 286 g/mol. The minimum atomic E-state index is -0.288. The number of nitrogens with zero attached hydrogens (tertiary/aromatic N) is 2. The lowest BCUT2D eigenvalue weighted by Crippen LogP contribution is -2.35. The zero-order chi connectivity index (χ0) is 13.8. The number of hydrogen-bond acceptors (Lipinski definition) is 4. The zero-order valence-electron chi connectivity index (χ0n) is 10.7. The van der Waals surface area contributed by atoms with Gasteiger partial charge in [-0.05, 0) is 12.8 Å². The molecule has 1 heterocycles. The Bertz CT molecular complexity index is 525. The molecule has 0 spiro atoms. The van der Waals surface area contributed by atoms with Crippen LogP contribution in [-0.2, 0) is 16.1 Å². The van der Waals surface area contributed by atoms with E-state index in [4.69, 9.17) is 16.3 Å². The van der Waals surface area contributed by atoms with Crippen molar-refractivity contribution in [3.8, 4) is 0 Å². The number of carbonyl (C=O) groups excluding carboxylic acids is 1. The fourth-order valence-corrected chi connectivity index (χ4v) is 1.98. The third-order valence-electron chi connectivity index (χ3n) is 2.88. The summed E-state index contributed by atoms with van der Waals surface area (Å²) in [5.74, 6) is 0.628. The van der Waals surface area contributed by atoms with Crippen molar-refractivity contribution in [1.29, 1.82) is 0 Å². The molecule has 1 aliphatic rings. The molecule has 0 radical (unpaired) electrons. The second kappa shape index (κ2) is 6.16. The Morgan fingerprint density at radius 3 is 3.00 bits per heavy atom. The van der Waals surface area contributed by atoms with Gasteiger partial charge in [0.2, 0.25) is 5.91 Å². The quantitative estimate of drug-likeness (QED) is 0.611. The summed E-state index contributed by atoms with van der Waals surface area (Å²) in [7, 11) is 1.56. The number of methoxy groups -OCH3 is 1. The largest absolute Gasteiger partial charge is 0.383 e. The van der Waals surface area contributed by atoms with Crippen molar-refractivity contribution < 1.29 is 9.53 Å². The normalized spacial score (nSPS) is 14.4. The van der Waals surface area contributed by atoms with Crippen molar-refractivity contribution in [1.82, 2.24) is 14.9 Å². The molecule has 1 fully saturated rings. The molecule has 19 heavy (non-hydrogen) atoms. The van der Waals surface area contributed by atoms with Crippen LogP contribution in [0.15, 0.2) is 10.9 Å². The molecule has 1 saturated carbocycles. The molecular weight excluding hydrogens is 270 g/mol. The van der Waals surface area contributed by atoms with Crippen LogP contribution >= 0.6 is 11.6 Å². The summed E-state index contributed by atoms with van der Waals surface area (Å²) in [6.45, 7) is 0.831. The maximum Gasteiger partial charge on any atom is 0.255 e. The van der Waals surface area contributed by atoms with Gasteiger partial charge in [-0.15, -0.1) is 0 Å². The van der Waals surface area contributed by atoms with Gasteiger partial charge >= 0.3 is 0 Å². The molecule has 2 rings (SSSR count). The fourth-order valence-electron chi connectivity index (χ4n) is 1.80. The number of rotatable bonds is 6. The fraction of sp³-hybridized carbons (Fsp3) is 0.583. The average Bonchev–Trinajstić information content (AvgIpc) is 3.16. The van der Waals surface area contributed by atoms with Gasteiger partial charge in [0, 0.05) is 25.6 Å². The maximum atomic E-state index is 11.9. The van der Waals surface area contributed by atoms with E-state index in [0.717, 1.165) is 12.8 Å². The molecule has 0 unspecified atom stereocenters. The summed E-state index contributed by atoms with van der Waals surface area (Å²) in [6.07, 6.45) is 1.97. The number of aromatic nitrogens is 2. The van der Waals surface area contributed by atoms with E-state index in [1.54, 1.807) is 7.11 Å². The molecule has 104 valence electrons. The van der Waals surface area contributed by atoms with E-state index in [9.17, 15) is 9.59 Å². The van der Waals surface area contributed by atoms with E-state index in [1.807, 2.05) is 0 Å². The smallest absolute Gasteiger partial charge is 0.255 e. The predicted octanol–water partition coefficient (Wildman–Crippen LogP) is 0.537. The lowest BCUT2D eigenvalue weighted by atomic mass is 10.3. The van der Waals surface area contributed by atoms with Gasteiger partial charge in [0.05, 0.1) is 6.61 Å². The van der Waals surface area contributed by atoms with Crippen molar-refractivity contribution in [2.45, 2.75) is 25.3 Å². The van der Waals surface area contributed by atoms with Crippen LogP contribution in [0.3, 0.4) is 0 Å². The first-order chi connectivity index (χ1) is 9.11. The molecule has 0 aromatic carbocycles. The van der Waals surface area contributed by atoms with Crippen molar-refractivity contribution in [3.05, 3.63) is 27.4 Å². The number of halogens is 1. The van der Waals surface area contributed by atoms with Crippen LogP contribution in [0.4, 0.5) is 0 Å². The van der Waals surface area contributed by atoms with Crippen LogP contribution in [0.1, 0.15) is 24.6 Å². The van der Waals surface area contributed by atoms with Gasteiger partial charge in [0.15, 0.2) is 0 Å². The number of hydrogen-bond donors (Lipinski definition) is 1. The molecule has 0 bridgehead atoms. The number of nitrogens with one attached hydrogen (secondary N) is 1. The van der Waals surface area contributed by atoms with Crippen LogP contribution in [0.2, 0.25) is 5.15 Å². The standard InChI is InChI=1S/C12H16ClN3O3/c1-19-5-4-14-10(17)7-16-11(18)6-9(13)15-12(16)8-2-3-8/h6,8H,2-5,7H2,1H3,(H,14,17). The van der Waals surface area contributed by atoms with E-state index in [0.29, 0.717) is 19.0 Å². The topological polar surface area (TPSA) is 73.2 Å². The van der Waals surface area contributed by atoms with E-state index < -0.39 is 0 Å². The van der Waals surface area contributed by atoms with Crippen LogP contribution in [-0.4, -0.2) is 35.7 Å². The Hall–Kier alpha value is -1.40. The Morgan fingerprint density at radius 1 is 1.63 bits per heavy atom. The second-order valence-corrected chi connectivity index (χ2v) is 4.87. The molecule has 1 N–H and O–H groups in total. The highest BCUT2D eigenvalue weighted by Gasteiger charge is 2.29. The van der Waals surface area contributed by atoms with Crippen molar-refractivity contribution in [2.75, 3.05) is 20.3 Å². The van der Waals surface area contributed by atoms with E-state index >= 15 is 0 Å². The van der Waals surface area contributed by atoms with E-state index in [2.05, 4.69) is 10.3 Å². The lowest BCUT2D eigenvalue weighted by Gasteiger charge is -2.11. The molecule has 1 amide bonds. The van der Waals surface area contributed by atoms with Crippen molar-refractivity contribution in [2.24, 2.45) is 0 Å². The molecule has 1 aromatic rings. The van der Waals surface area contributed by atoms with Gasteiger partial charge in [0.25, 0.3) is 5.56 Å². The monoisotopic (exact) mass is 285 g/mol. The summed E-state index contributed by atoms with van der Waals surface area (Å²) in [5, 5.41) is 2.86. The molecule has 6 nitrogen and oxygen atoms in total. The van der Waals surface area contributed by atoms with Crippen LogP contribution < -0.4 is 10.9 Å². The highest BCUT2D eigenvalue weighted by molar-refractivity contribution is 6.29. The van der Waals surface area contributed by atoms with Crippen molar-refractivity contribution >= 4 is 17.5 Å². The highest BCUT2D eigenvalue weighted by Crippen LogP contribution is 2.38. The summed E-state index contributed by atoms with van der Waals surface area (Å²) in [6, 6.07) is 1.23. The predicted molar refractivity (Wildman–Crippen MR) is 70.4 cm³/mol. The maximum absolute atomic E-state index is 11.9. The summed E-state index contributed by atoms with van der Waals surface area (Å²) in [4.78, 5) is 27.8. The minimum absolute atomic E-state index is 0.0292. The highest BCUT2D eigenvalue weighted by atomic mass is 35.5. The van der Waals surface area contributed by atoms with Gasteiger partial charge < -0.3 is 10.1 Å². The Kier molecular flexibility index (Phi) is 4.55. The van der Waals surface area contributed by atoms with Crippen LogP contribution in [0.25, 0.3) is 0 Å². The minimum Gasteiger partial charge on any atom is -0.383 e. The lowest BCUT2D eigenvalue weighted by molar-refractivity contribution is -0.121. The molecule has 1 aromatic heterocycles. The molecule has 0 atom stereocenters. The number of ether oxygens (including phenoxy) is 1. The van der Waals surface area contributed by atoms with E-state index in [1.165, 1.54) is 10.6 Å². The van der Waals surface area contributed by atoms with E-state index in [-0.39, 0.29) is 29.1 Å². The first-order valence-corrected chi connectivity index (χ1v) is 6.52. The number of carbonyl (C=O) groups is 1. The van der Waals surface area contributed by atoms with Crippen LogP contribution in [0.5, 0.6) is 0 Å². The Balaban J connectivity index is 2.10. The first-order valence-electron chi connectivity index (χ1n) is 6.14. The zero-order valence-corrected chi connectivity index (χ0v) is 11.4. The molecule has 0 aliphatic heterocycles. The molecule has 7 heteroatoms. The SMILES string of the molecule is COCCNC(=O)Cn1c(C2CC2)nc(Cl)cc1=O. The first kappa shape index (κ1) is 14.0. The summed E-state index contributed by atoms with van der Waals surface area (Å²) >= 11 is 5.79. The molecule has 0 saturated heterocycles. The Labute approximate surface area is 115 Å². The van der Waals surface area contributed by atoms with Crippen molar-refractivity contribution in [3.63, 3.8) is 0 Å². The van der Waals surface area contributed by atoms with Gasteiger partial charge in [-0.3, -0.25) is 14.2 Å². The molecular formula is C12H16ClN3O3. The van der Waals surface area contributed by atoms with Crippen LogP contribution in [0, 0.1) is 0 Å². The summed E-state index contributed by atoms with van der Waals surface area (Å²) < 4.78 is 6.24. The van der Waals surface area contributed by atoms with Gasteiger partial charge in [0.1, 0.15) is 17.5 Å². The second-order valence-electron chi connectivity index (χ2n) is 4.48. The van der Waals surface area contributed by atoms with Gasteiger partial charge in [-0.2, -0.15) is 0 Å². The van der Waals surface area contributed by atoms with Gasteiger partial charge in [-0.1, -0.05) is 11.6 Å². The summed E-state index contributed by atoms with van der Waals surface area (Å²) in [5.41, 5.74) is -0.288. The number of amides is 1. The Morgan fingerprint density at radius 2 is 2.37 bits per heavy atom. The third kappa shape index (κ3) is 3.78. The molecule has 1 aliphatic carbocycles. The third-order valence-corrected chi connectivity index (χ3v) is 3.07.